The van der Waals surface area contributed by atoms with Crippen molar-refractivity contribution in [3.05, 3.63) is 35.9 Å². The standard InChI is InChI=1S/C15H21NO3/c1-2-18-15(17)13(14-11-16-8-9-19-14)10-12-6-4-3-5-7-12/h3-7,13-14,16H,2,8-11H2,1H3. The van der Waals surface area contributed by atoms with Gasteiger partial charge in [-0.15, -0.1) is 0 Å². The van der Waals surface area contributed by atoms with Crippen LogP contribution in [0.2, 0.25) is 0 Å². The molecule has 0 aromatic heterocycles. The number of esters is 1. The van der Waals surface area contributed by atoms with Crippen molar-refractivity contribution in [2.24, 2.45) is 5.92 Å². The molecule has 1 N–H and O–H groups in total. The molecular formula is C15H21NO3. The van der Waals surface area contributed by atoms with Crippen molar-refractivity contribution in [2.45, 2.75) is 19.4 Å². The summed E-state index contributed by atoms with van der Waals surface area (Å²) in [5.74, 6) is -0.407. The molecule has 2 unspecified atom stereocenters. The van der Waals surface area contributed by atoms with Crippen LogP contribution in [-0.2, 0) is 20.7 Å². The van der Waals surface area contributed by atoms with E-state index in [1.54, 1.807) is 0 Å². The summed E-state index contributed by atoms with van der Waals surface area (Å²) < 4.78 is 10.9. The summed E-state index contributed by atoms with van der Waals surface area (Å²) >= 11 is 0. The molecular weight excluding hydrogens is 242 g/mol. The molecule has 1 aliphatic heterocycles. The molecule has 1 aromatic rings. The minimum absolute atomic E-state index is 0.104. The maximum absolute atomic E-state index is 12.1. The molecule has 19 heavy (non-hydrogen) atoms. The summed E-state index contributed by atoms with van der Waals surface area (Å²) in [6.45, 7) is 4.44. The summed E-state index contributed by atoms with van der Waals surface area (Å²) in [6, 6.07) is 10.0. The topological polar surface area (TPSA) is 47.6 Å². The van der Waals surface area contributed by atoms with Crippen LogP contribution < -0.4 is 5.32 Å². The molecule has 1 fully saturated rings. The van der Waals surface area contributed by atoms with E-state index in [-0.39, 0.29) is 18.0 Å². The normalized spacial score (nSPS) is 20.8. The van der Waals surface area contributed by atoms with Crippen molar-refractivity contribution in [3.8, 4) is 0 Å². The van der Waals surface area contributed by atoms with Crippen molar-refractivity contribution in [1.82, 2.24) is 5.32 Å². The minimum atomic E-state index is -0.241. The second-order valence-electron chi connectivity index (χ2n) is 4.66. The summed E-state index contributed by atoms with van der Waals surface area (Å²) in [4.78, 5) is 12.1. The molecule has 104 valence electrons. The first-order valence-electron chi connectivity index (χ1n) is 6.84. The van der Waals surface area contributed by atoms with Gasteiger partial charge in [0.1, 0.15) is 0 Å². The number of hydrogen-bond acceptors (Lipinski definition) is 4. The van der Waals surface area contributed by atoms with Crippen molar-refractivity contribution >= 4 is 5.97 Å². The highest BCUT2D eigenvalue weighted by molar-refractivity contribution is 5.73. The Labute approximate surface area is 114 Å². The number of morpholine rings is 1. The number of carbonyl (C=O) groups excluding carboxylic acids is 1. The van der Waals surface area contributed by atoms with Crippen LogP contribution in [0.25, 0.3) is 0 Å². The van der Waals surface area contributed by atoms with E-state index in [0.29, 0.717) is 26.2 Å². The first kappa shape index (κ1) is 14.0. The van der Waals surface area contributed by atoms with Crippen LogP contribution in [0.1, 0.15) is 12.5 Å². The smallest absolute Gasteiger partial charge is 0.311 e. The fraction of sp³-hybridized carbons (Fsp3) is 0.533. The second-order valence-corrected chi connectivity index (χ2v) is 4.66. The molecule has 1 heterocycles. The lowest BCUT2D eigenvalue weighted by atomic mass is 9.93. The molecule has 1 aromatic carbocycles. The molecule has 2 atom stereocenters. The highest BCUT2D eigenvalue weighted by Gasteiger charge is 2.31. The Balaban J connectivity index is 2.06. The van der Waals surface area contributed by atoms with E-state index in [2.05, 4.69) is 5.32 Å². The van der Waals surface area contributed by atoms with Gasteiger partial charge in [0.05, 0.1) is 25.2 Å². The quantitative estimate of drug-likeness (QED) is 0.816. The summed E-state index contributed by atoms with van der Waals surface area (Å²) in [5.41, 5.74) is 1.13. The van der Waals surface area contributed by atoms with Gasteiger partial charge in [0.2, 0.25) is 0 Å². The van der Waals surface area contributed by atoms with Gasteiger partial charge in [0.25, 0.3) is 0 Å². The largest absolute Gasteiger partial charge is 0.466 e. The Bertz CT molecular complexity index is 388. The number of hydrogen-bond donors (Lipinski definition) is 1. The van der Waals surface area contributed by atoms with Crippen LogP contribution >= 0.6 is 0 Å². The van der Waals surface area contributed by atoms with E-state index < -0.39 is 0 Å². The van der Waals surface area contributed by atoms with E-state index in [4.69, 9.17) is 9.47 Å². The summed E-state index contributed by atoms with van der Waals surface area (Å²) in [6.07, 6.45) is 0.555. The second kappa shape index (κ2) is 7.26. The SMILES string of the molecule is CCOC(=O)C(Cc1ccccc1)C1CNCCO1. The average molecular weight is 263 g/mol. The van der Waals surface area contributed by atoms with Gasteiger partial charge < -0.3 is 14.8 Å². The fourth-order valence-corrected chi connectivity index (χ4v) is 2.33. The lowest BCUT2D eigenvalue weighted by Crippen LogP contribution is -2.46. The highest BCUT2D eigenvalue weighted by Crippen LogP contribution is 2.18. The lowest BCUT2D eigenvalue weighted by molar-refractivity contribution is -0.154. The van der Waals surface area contributed by atoms with Gasteiger partial charge in [0.15, 0.2) is 0 Å². The number of benzene rings is 1. The molecule has 1 aliphatic rings. The third-order valence-electron chi connectivity index (χ3n) is 3.29. The van der Waals surface area contributed by atoms with Crippen molar-refractivity contribution < 1.29 is 14.3 Å². The molecule has 0 aliphatic carbocycles. The Hall–Kier alpha value is -1.39. The molecule has 2 rings (SSSR count). The fourth-order valence-electron chi connectivity index (χ4n) is 2.33. The summed E-state index contributed by atoms with van der Waals surface area (Å²) in [5, 5.41) is 3.27. The number of ether oxygens (including phenoxy) is 2. The zero-order valence-corrected chi connectivity index (χ0v) is 11.3. The van der Waals surface area contributed by atoms with Gasteiger partial charge in [0, 0.05) is 13.1 Å². The van der Waals surface area contributed by atoms with Gasteiger partial charge in [-0.05, 0) is 18.9 Å². The molecule has 4 heteroatoms. The van der Waals surface area contributed by atoms with Crippen LogP contribution in [0.4, 0.5) is 0 Å². The zero-order chi connectivity index (χ0) is 13.5. The monoisotopic (exact) mass is 263 g/mol. The molecule has 1 saturated heterocycles. The van der Waals surface area contributed by atoms with Gasteiger partial charge in [-0.3, -0.25) is 4.79 Å². The molecule has 0 amide bonds. The Kier molecular flexibility index (Phi) is 5.36. The van der Waals surface area contributed by atoms with Crippen LogP contribution in [0, 0.1) is 5.92 Å². The van der Waals surface area contributed by atoms with Crippen molar-refractivity contribution in [3.63, 3.8) is 0 Å². The Morgan fingerprint density at radius 2 is 2.26 bits per heavy atom. The number of carbonyl (C=O) groups is 1. The Morgan fingerprint density at radius 3 is 2.89 bits per heavy atom. The Morgan fingerprint density at radius 1 is 1.47 bits per heavy atom. The van der Waals surface area contributed by atoms with E-state index in [1.807, 2.05) is 37.3 Å². The van der Waals surface area contributed by atoms with E-state index in [0.717, 1.165) is 12.1 Å². The van der Waals surface area contributed by atoms with Crippen LogP contribution in [0.15, 0.2) is 30.3 Å². The highest BCUT2D eigenvalue weighted by atomic mass is 16.5. The van der Waals surface area contributed by atoms with E-state index in [1.165, 1.54) is 0 Å². The predicted octanol–water partition coefficient (Wildman–Crippen LogP) is 1.40. The van der Waals surface area contributed by atoms with Gasteiger partial charge >= 0.3 is 5.97 Å². The van der Waals surface area contributed by atoms with Crippen molar-refractivity contribution in [2.75, 3.05) is 26.3 Å². The first-order valence-corrected chi connectivity index (χ1v) is 6.84. The third-order valence-corrected chi connectivity index (χ3v) is 3.29. The van der Waals surface area contributed by atoms with Gasteiger partial charge in [-0.1, -0.05) is 30.3 Å². The van der Waals surface area contributed by atoms with Crippen LogP contribution in [0.3, 0.4) is 0 Å². The van der Waals surface area contributed by atoms with Gasteiger partial charge in [-0.2, -0.15) is 0 Å². The van der Waals surface area contributed by atoms with E-state index in [9.17, 15) is 4.79 Å². The number of nitrogens with one attached hydrogen (secondary N) is 1. The van der Waals surface area contributed by atoms with E-state index >= 15 is 0 Å². The first-order chi connectivity index (χ1) is 9.31. The molecule has 0 saturated carbocycles. The summed E-state index contributed by atoms with van der Waals surface area (Å²) in [7, 11) is 0. The third kappa shape index (κ3) is 4.04. The number of rotatable bonds is 5. The lowest BCUT2D eigenvalue weighted by Gasteiger charge is -2.29. The predicted molar refractivity (Wildman–Crippen MR) is 72.9 cm³/mol. The molecule has 0 radical (unpaired) electrons. The van der Waals surface area contributed by atoms with Gasteiger partial charge in [-0.25, -0.2) is 0 Å². The minimum Gasteiger partial charge on any atom is -0.466 e. The molecule has 4 nitrogen and oxygen atoms in total. The maximum Gasteiger partial charge on any atom is 0.311 e. The average Bonchev–Trinajstić information content (AvgIpc) is 2.47. The van der Waals surface area contributed by atoms with Crippen LogP contribution in [-0.4, -0.2) is 38.4 Å². The molecule has 0 bridgehead atoms. The van der Waals surface area contributed by atoms with Crippen molar-refractivity contribution in [1.29, 1.82) is 0 Å². The maximum atomic E-state index is 12.1. The zero-order valence-electron chi connectivity index (χ0n) is 11.3. The molecule has 0 spiro atoms. The van der Waals surface area contributed by atoms with Crippen LogP contribution in [0.5, 0.6) is 0 Å².